The second kappa shape index (κ2) is 4.23. The molecule has 1 aliphatic rings. The SMILES string of the molecule is CC(C)c1cc(O)c2c3c(c(O)ccc13)C(C)(C)CC2=O. The lowest BCUT2D eigenvalue weighted by atomic mass is 9.70. The average molecular weight is 284 g/mol. The molecule has 0 saturated carbocycles. The molecule has 2 aromatic rings. The van der Waals surface area contributed by atoms with Crippen LogP contribution in [0.3, 0.4) is 0 Å². The summed E-state index contributed by atoms with van der Waals surface area (Å²) in [6, 6.07) is 5.24. The van der Waals surface area contributed by atoms with E-state index in [-0.39, 0.29) is 23.2 Å². The van der Waals surface area contributed by atoms with Gasteiger partial charge in [0, 0.05) is 22.8 Å². The van der Waals surface area contributed by atoms with Crippen LogP contribution in [-0.4, -0.2) is 16.0 Å². The third-order valence-corrected chi connectivity index (χ3v) is 4.47. The number of ketones is 1. The normalized spacial score (nSPS) is 16.7. The Bertz CT molecular complexity index is 770. The first kappa shape index (κ1) is 13.9. The summed E-state index contributed by atoms with van der Waals surface area (Å²) < 4.78 is 0. The van der Waals surface area contributed by atoms with Crippen LogP contribution < -0.4 is 0 Å². The van der Waals surface area contributed by atoms with Crippen molar-refractivity contribution in [3.8, 4) is 11.5 Å². The molecule has 0 spiro atoms. The topological polar surface area (TPSA) is 57.5 Å². The molecule has 0 unspecified atom stereocenters. The molecule has 0 bridgehead atoms. The summed E-state index contributed by atoms with van der Waals surface area (Å²) >= 11 is 0. The third-order valence-electron chi connectivity index (χ3n) is 4.47. The summed E-state index contributed by atoms with van der Waals surface area (Å²) in [5.41, 5.74) is 1.69. The summed E-state index contributed by atoms with van der Waals surface area (Å²) in [6.07, 6.45) is 0.293. The maximum Gasteiger partial charge on any atom is 0.168 e. The van der Waals surface area contributed by atoms with Gasteiger partial charge in [-0.1, -0.05) is 33.8 Å². The number of carbonyl (C=O) groups excluding carboxylic acids is 1. The van der Waals surface area contributed by atoms with E-state index in [1.165, 1.54) is 0 Å². The van der Waals surface area contributed by atoms with Gasteiger partial charge in [0.15, 0.2) is 5.78 Å². The van der Waals surface area contributed by atoms with Crippen molar-refractivity contribution in [1.29, 1.82) is 0 Å². The van der Waals surface area contributed by atoms with Gasteiger partial charge in [0.05, 0.1) is 5.56 Å². The van der Waals surface area contributed by atoms with Crippen molar-refractivity contribution in [2.75, 3.05) is 0 Å². The van der Waals surface area contributed by atoms with Crippen molar-refractivity contribution in [3.05, 3.63) is 34.9 Å². The van der Waals surface area contributed by atoms with Crippen molar-refractivity contribution >= 4 is 16.6 Å². The van der Waals surface area contributed by atoms with Crippen LogP contribution in [-0.2, 0) is 5.41 Å². The Morgan fingerprint density at radius 1 is 1.14 bits per heavy atom. The summed E-state index contributed by atoms with van der Waals surface area (Å²) in [7, 11) is 0. The second-order valence-corrected chi connectivity index (χ2v) is 6.88. The highest BCUT2D eigenvalue weighted by atomic mass is 16.3. The van der Waals surface area contributed by atoms with E-state index in [2.05, 4.69) is 13.8 Å². The van der Waals surface area contributed by atoms with Crippen molar-refractivity contribution in [3.63, 3.8) is 0 Å². The van der Waals surface area contributed by atoms with Gasteiger partial charge in [-0.2, -0.15) is 0 Å². The Morgan fingerprint density at radius 3 is 2.43 bits per heavy atom. The fourth-order valence-corrected chi connectivity index (χ4v) is 3.54. The standard InChI is InChI=1S/C18H20O3/c1-9(2)11-7-13(20)16-14(21)8-18(3,4)17-12(19)6-5-10(11)15(16)17/h5-7,9,19-20H,8H2,1-4H3. The van der Waals surface area contributed by atoms with Crippen molar-refractivity contribution in [2.45, 2.75) is 45.4 Å². The molecule has 0 heterocycles. The summed E-state index contributed by atoms with van der Waals surface area (Å²) in [6.45, 7) is 8.03. The first-order valence-electron chi connectivity index (χ1n) is 7.29. The zero-order valence-electron chi connectivity index (χ0n) is 12.8. The highest BCUT2D eigenvalue weighted by Crippen LogP contribution is 2.48. The molecule has 1 aliphatic carbocycles. The van der Waals surface area contributed by atoms with Crippen LogP contribution in [0, 0.1) is 0 Å². The van der Waals surface area contributed by atoms with E-state index in [1.54, 1.807) is 12.1 Å². The molecule has 21 heavy (non-hydrogen) atoms. The lowest BCUT2D eigenvalue weighted by Gasteiger charge is -2.33. The minimum Gasteiger partial charge on any atom is -0.508 e. The smallest absolute Gasteiger partial charge is 0.168 e. The van der Waals surface area contributed by atoms with Crippen LogP contribution in [0.25, 0.3) is 10.8 Å². The molecule has 0 fully saturated rings. The van der Waals surface area contributed by atoms with Gasteiger partial charge in [0.1, 0.15) is 11.5 Å². The van der Waals surface area contributed by atoms with E-state index >= 15 is 0 Å². The number of phenols is 2. The van der Waals surface area contributed by atoms with E-state index in [0.717, 1.165) is 21.9 Å². The van der Waals surface area contributed by atoms with Gasteiger partial charge < -0.3 is 10.2 Å². The molecule has 0 aromatic heterocycles. The molecule has 0 saturated heterocycles. The Kier molecular flexibility index (Phi) is 2.81. The number of hydrogen-bond acceptors (Lipinski definition) is 3. The lowest BCUT2D eigenvalue weighted by molar-refractivity contribution is 0.0952. The summed E-state index contributed by atoms with van der Waals surface area (Å²) in [4.78, 5) is 12.5. The monoisotopic (exact) mass is 284 g/mol. The van der Waals surface area contributed by atoms with E-state index < -0.39 is 5.41 Å². The zero-order valence-corrected chi connectivity index (χ0v) is 12.8. The van der Waals surface area contributed by atoms with Crippen molar-refractivity contribution in [2.24, 2.45) is 0 Å². The van der Waals surface area contributed by atoms with Crippen LogP contribution in [0.5, 0.6) is 11.5 Å². The number of rotatable bonds is 1. The first-order chi connectivity index (χ1) is 9.74. The zero-order chi connectivity index (χ0) is 15.5. The number of hydrogen-bond donors (Lipinski definition) is 2. The van der Waals surface area contributed by atoms with E-state index in [1.807, 2.05) is 19.9 Å². The molecule has 2 aromatic carbocycles. The minimum absolute atomic E-state index is 0.0264. The fraction of sp³-hybridized carbons (Fsp3) is 0.389. The Labute approximate surface area is 124 Å². The molecule has 0 atom stereocenters. The fourth-order valence-electron chi connectivity index (χ4n) is 3.54. The molecule has 0 amide bonds. The van der Waals surface area contributed by atoms with Gasteiger partial charge in [-0.15, -0.1) is 0 Å². The van der Waals surface area contributed by atoms with Gasteiger partial charge in [-0.3, -0.25) is 4.79 Å². The van der Waals surface area contributed by atoms with Crippen LogP contribution >= 0.6 is 0 Å². The molecule has 3 nitrogen and oxygen atoms in total. The first-order valence-corrected chi connectivity index (χ1v) is 7.29. The maximum atomic E-state index is 12.5. The molecule has 3 heteroatoms. The summed E-state index contributed by atoms with van der Waals surface area (Å²) in [5, 5.41) is 22.3. The Morgan fingerprint density at radius 2 is 1.81 bits per heavy atom. The predicted molar refractivity (Wildman–Crippen MR) is 83.3 cm³/mol. The number of benzene rings is 2. The number of phenolic OH excluding ortho intramolecular Hbond substituents is 2. The van der Waals surface area contributed by atoms with Gasteiger partial charge in [0.25, 0.3) is 0 Å². The third kappa shape index (κ3) is 1.84. The predicted octanol–water partition coefficient (Wildman–Crippen LogP) is 4.24. The summed E-state index contributed by atoms with van der Waals surface area (Å²) in [5.74, 6) is 0.387. The van der Waals surface area contributed by atoms with Crippen LogP contribution in [0.15, 0.2) is 18.2 Å². The molecule has 110 valence electrons. The number of Topliss-reactive ketones (excluding diaryl/α,β-unsaturated/α-hetero) is 1. The van der Waals surface area contributed by atoms with E-state index in [0.29, 0.717) is 12.0 Å². The molecular weight excluding hydrogens is 264 g/mol. The quantitative estimate of drug-likeness (QED) is 0.823. The van der Waals surface area contributed by atoms with Crippen LogP contribution in [0.1, 0.15) is 61.5 Å². The Balaban J connectivity index is 2.59. The average Bonchev–Trinajstić information content (AvgIpc) is 2.34. The lowest BCUT2D eigenvalue weighted by Crippen LogP contribution is -2.27. The van der Waals surface area contributed by atoms with Gasteiger partial charge in [-0.25, -0.2) is 0 Å². The second-order valence-electron chi connectivity index (χ2n) is 6.88. The van der Waals surface area contributed by atoms with Crippen LogP contribution in [0.4, 0.5) is 0 Å². The number of carbonyl (C=O) groups is 1. The molecule has 3 rings (SSSR count). The van der Waals surface area contributed by atoms with Crippen molar-refractivity contribution in [1.82, 2.24) is 0 Å². The maximum absolute atomic E-state index is 12.5. The molecule has 0 aliphatic heterocycles. The van der Waals surface area contributed by atoms with Crippen molar-refractivity contribution < 1.29 is 15.0 Å². The van der Waals surface area contributed by atoms with Crippen LogP contribution in [0.2, 0.25) is 0 Å². The van der Waals surface area contributed by atoms with E-state index in [9.17, 15) is 15.0 Å². The molecule has 2 N–H and O–H groups in total. The minimum atomic E-state index is -0.435. The molecule has 0 radical (unpaired) electrons. The highest BCUT2D eigenvalue weighted by molar-refractivity contribution is 6.15. The van der Waals surface area contributed by atoms with Gasteiger partial charge in [0.2, 0.25) is 0 Å². The van der Waals surface area contributed by atoms with Gasteiger partial charge >= 0.3 is 0 Å². The van der Waals surface area contributed by atoms with Gasteiger partial charge in [-0.05, 0) is 29.0 Å². The largest absolute Gasteiger partial charge is 0.508 e. The highest BCUT2D eigenvalue weighted by Gasteiger charge is 2.37. The molecular formula is C18H20O3. The number of aromatic hydroxyl groups is 2. The van der Waals surface area contributed by atoms with E-state index in [4.69, 9.17) is 0 Å². The Hall–Kier alpha value is -2.03.